The second kappa shape index (κ2) is 14.8. The second-order valence-corrected chi connectivity index (χ2v) is 23.6. The van der Waals surface area contributed by atoms with Crippen molar-refractivity contribution in [2.75, 3.05) is 20.3 Å². The summed E-state index contributed by atoms with van der Waals surface area (Å²) in [4.78, 5) is 20.0. The summed E-state index contributed by atoms with van der Waals surface area (Å²) in [6, 6.07) is 19.2. The van der Waals surface area contributed by atoms with E-state index in [-0.39, 0.29) is 5.91 Å². The fourth-order valence-electron chi connectivity index (χ4n) is 5.58. The molecule has 0 bridgehead atoms. The van der Waals surface area contributed by atoms with Crippen molar-refractivity contribution >= 4 is 38.6 Å². The van der Waals surface area contributed by atoms with Gasteiger partial charge in [-0.05, 0) is 0 Å². The van der Waals surface area contributed by atoms with Gasteiger partial charge in [0.25, 0.3) is 0 Å². The maximum atomic E-state index is 13.3. The van der Waals surface area contributed by atoms with Crippen LogP contribution in [0, 0.1) is 0 Å². The van der Waals surface area contributed by atoms with E-state index in [9.17, 15) is 9.18 Å². The number of nitrogens with zero attached hydrogens (tertiary/aromatic N) is 2. The quantitative estimate of drug-likeness (QED) is 0.162. The first kappa shape index (κ1) is 29.6. The molecule has 0 aliphatic rings. The average Bonchev–Trinajstić information content (AvgIpc) is 2.94. The molecule has 0 saturated heterocycles. The van der Waals surface area contributed by atoms with E-state index in [4.69, 9.17) is 4.98 Å². The van der Waals surface area contributed by atoms with E-state index in [0.717, 1.165) is 16.5 Å². The Bertz CT molecular complexity index is 1130. The van der Waals surface area contributed by atoms with Crippen LogP contribution >= 0.6 is 0 Å². The Morgan fingerprint density at radius 3 is 2.08 bits per heavy atom. The monoisotopic (exact) mass is 612 g/mol. The first-order valence-corrected chi connectivity index (χ1v) is 21.8. The minimum atomic E-state index is -2.79. The van der Waals surface area contributed by atoms with Crippen LogP contribution in [-0.4, -0.2) is 54.4 Å². The van der Waals surface area contributed by atoms with E-state index in [1.54, 1.807) is 15.5 Å². The van der Waals surface area contributed by atoms with Crippen LogP contribution in [0.3, 0.4) is 0 Å². The first-order chi connectivity index (χ1) is 18.0. The molecule has 0 unspecified atom stereocenters. The molecule has 0 aliphatic heterocycles. The van der Waals surface area contributed by atoms with Gasteiger partial charge in [0, 0.05) is 0 Å². The summed E-state index contributed by atoms with van der Waals surface area (Å²) < 4.78 is 18.5. The van der Waals surface area contributed by atoms with Crippen LogP contribution in [-0.2, 0) is 0 Å². The Morgan fingerprint density at radius 1 is 0.865 bits per heavy atom. The van der Waals surface area contributed by atoms with Gasteiger partial charge in [-0.15, -0.1) is 0 Å². The molecule has 1 aromatic heterocycles. The fourth-order valence-corrected chi connectivity index (χ4v) is 22.3. The van der Waals surface area contributed by atoms with Crippen LogP contribution in [0.4, 0.5) is 4.39 Å². The molecule has 3 nitrogen and oxygen atoms in total. The summed E-state index contributed by atoms with van der Waals surface area (Å²) in [5.41, 5.74) is 2.61. The van der Waals surface area contributed by atoms with Crippen molar-refractivity contribution in [1.29, 1.82) is 0 Å². The number of hydrogen-bond donors (Lipinski definition) is 0. The van der Waals surface area contributed by atoms with E-state index in [1.165, 1.54) is 57.4 Å². The Hall–Kier alpha value is -1.95. The number of aromatic nitrogens is 1. The van der Waals surface area contributed by atoms with Gasteiger partial charge in [0.15, 0.2) is 0 Å². The predicted octanol–water partition coefficient (Wildman–Crippen LogP) is 8.39. The molecule has 3 rings (SSSR count). The number of fused-ring (bicyclic) bond motifs is 1. The predicted molar refractivity (Wildman–Crippen MR) is 159 cm³/mol. The number of benzene rings is 2. The number of halogens is 1. The molecule has 0 saturated carbocycles. The Kier molecular flexibility index (Phi) is 11.9. The summed E-state index contributed by atoms with van der Waals surface area (Å²) in [5.74, 6) is -0.143. The van der Waals surface area contributed by atoms with Crippen molar-refractivity contribution < 1.29 is 9.18 Å². The number of hydrogen-bond acceptors (Lipinski definition) is 2. The molecule has 0 atom stereocenters. The molecular weight excluding hydrogens is 566 g/mol. The van der Waals surface area contributed by atoms with Crippen molar-refractivity contribution in [3.05, 3.63) is 60.3 Å². The average molecular weight is 611 g/mol. The van der Waals surface area contributed by atoms with Gasteiger partial charge in [-0.1, -0.05) is 0 Å². The van der Waals surface area contributed by atoms with E-state index < -0.39 is 25.1 Å². The van der Waals surface area contributed by atoms with Gasteiger partial charge in [0.1, 0.15) is 0 Å². The third-order valence-electron chi connectivity index (χ3n) is 7.71. The van der Waals surface area contributed by atoms with Gasteiger partial charge >= 0.3 is 229 Å². The Balaban J connectivity index is 2.23. The number of carbonyl (C=O) groups is 1. The summed E-state index contributed by atoms with van der Waals surface area (Å²) >= 11 is -2.79. The van der Waals surface area contributed by atoms with Crippen molar-refractivity contribution in [2.24, 2.45) is 0 Å². The third-order valence-corrected chi connectivity index (χ3v) is 23.4. The van der Waals surface area contributed by atoms with Crippen LogP contribution in [0.5, 0.6) is 0 Å². The number of rotatable bonds is 15. The van der Waals surface area contributed by atoms with Gasteiger partial charge in [-0.3, -0.25) is 0 Å². The van der Waals surface area contributed by atoms with Crippen LogP contribution in [0.25, 0.3) is 22.0 Å². The summed E-state index contributed by atoms with van der Waals surface area (Å²) in [6.45, 7) is 6.90. The molecule has 0 aliphatic carbocycles. The van der Waals surface area contributed by atoms with Crippen molar-refractivity contribution in [2.45, 2.75) is 79.0 Å². The van der Waals surface area contributed by atoms with Crippen LogP contribution in [0.1, 0.15) is 76.2 Å². The van der Waals surface area contributed by atoms with Crippen LogP contribution in [0.15, 0.2) is 54.6 Å². The van der Waals surface area contributed by atoms with Gasteiger partial charge in [-0.25, -0.2) is 0 Å². The minimum absolute atomic E-state index is 0.143. The molecule has 0 spiro atoms. The molecule has 0 fully saturated rings. The molecule has 200 valence electrons. The summed E-state index contributed by atoms with van der Waals surface area (Å²) in [6.07, 6.45) is 7.92. The van der Waals surface area contributed by atoms with E-state index in [2.05, 4.69) is 63.2 Å². The molecule has 5 heteroatoms. The molecular formula is C32H45FN2OSn. The molecule has 2 aromatic carbocycles. The molecule has 1 amide bonds. The number of amides is 1. The number of pyridine rings is 1. The van der Waals surface area contributed by atoms with E-state index in [1.807, 2.05) is 12.1 Å². The molecule has 37 heavy (non-hydrogen) atoms. The Labute approximate surface area is 227 Å². The zero-order valence-corrected chi connectivity index (χ0v) is 26.2. The number of alkyl halides is 1. The van der Waals surface area contributed by atoms with Gasteiger partial charge in [0.2, 0.25) is 0 Å². The standard InChI is InChI=1S/C20H18FN2O.3C4H9.Sn/c1-23(13-7-12-21)20(24)18-14-16-10-5-6-11-17(16)19(22-18)15-8-3-2-4-9-15;3*1-3-4-2;/h2-6,8,10-11,14H,7,12-13H2,1H3;3*1,3-4H2,2H3;. The number of unbranched alkanes of at least 4 members (excludes halogenated alkanes) is 3. The zero-order valence-electron chi connectivity index (χ0n) is 23.4. The molecule has 3 aromatic rings. The second-order valence-electron chi connectivity index (χ2n) is 10.5. The maximum absolute atomic E-state index is 13.3. The first-order valence-electron chi connectivity index (χ1n) is 14.3. The fraction of sp³-hybridized carbons (Fsp3) is 0.500. The van der Waals surface area contributed by atoms with E-state index >= 15 is 0 Å². The number of carbonyl (C=O) groups excluding carboxylic acids is 1. The summed E-state index contributed by atoms with van der Waals surface area (Å²) in [7, 11) is 1.74. The SMILES string of the molecule is CCC[CH2][Sn]([CH2]CCC)([CH2]CCC)[c]1ccccc1-c1nc(C(=O)N(C)CCCF)cc2ccccc12. The molecule has 0 N–H and O–H groups in total. The Morgan fingerprint density at radius 2 is 1.46 bits per heavy atom. The third kappa shape index (κ3) is 7.34. The normalized spacial score (nSPS) is 11.7. The van der Waals surface area contributed by atoms with Crippen molar-refractivity contribution in [3.63, 3.8) is 0 Å². The van der Waals surface area contributed by atoms with Gasteiger partial charge < -0.3 is 0 Å². The van der Waals surface area contributed by atoms with E-state index in [0.29, 0.717) is 18.7 Å². The molecule has 1 heterocycles. The van der Waals surface area contributed by atoms with Crippen molar-refractivity contribution in [3.8, 4) is 11.3 Å². The topological polar surface area (TPSA) is 33.2 Å². The van der Waals surface area contributed by atoms with Crippen LogP contribution in [0.2, 0.25) is 13.3 Å². The molecule has 0 radical (unpaired) electrons. The summed E-state index contributed by atoms with van der Waals surface area (Å²) in [5, 5.41) is 2.13. The zero-order chi connectivity index (χ0) is 26.7. The van der Waals surface area contributed by atoms with Gasteiger partial charge in [-0.2, -0.15) is 0 Å². The van der Waals surface area contributed by atoms with Crippen LogP contribution < -0.4 is 3.58 Å². The van der Waals surface area contributed by atoms with Crippen molar-refractivity contribution in [1.82, 2.24) is 9.88 Å². The van der Waals surface area contributed by atoms with Gasteiger partial charge in [0.05, 0.1) is 0 Å².